The molecule has 0 saturated carbocycles. The van der Waals surface area contributed by atoms with Gasteiger partial charge in [0.25, 0.3) is 0 Å². The van der Waals surface area contributed by atoms with Gasteiger partial charge in [-0.1, -0.05) is 38.5 Å². The Morgan fingerprint density at radius 2 is 2.25 bits per heavy atom. The highest BCUT2D eigenvalue weighted by atomic mass is 32.1. The zero-order chi connectivity index (χ0) is 14.8. The zero-order valence-electron chi connectivity index (χ0n) is 12.4. The minimum atomic E-state index is 0.145. The van der Waals surface area contributed by atoms with Gasteiger partial charge in [0.05, 0.1) is 18.0 Å². The van der Waals surface area contributed by atoms with Crippen molar-refractivity contribution in [1.82, 2.24) is 5.32 Å². The Balaban J connectivity index is 2.45. The van der Waals surface area contributed by atoms with E-state index >= 15 is 0 Å². The van der Waals surface area contributed by atoms with Crippen molar-refractivity contribution in [2.45, 2.75) is 46.1 Å². The lowest BCUT2D eigenvalue weighted by Crippen LogP contribution is -2.29. The number of nitrogens with two attached hydrogens (primary N) is 1. The molecule has 0 bridgehead atoms. The van der Waals surface area contributed by atoms with Crippen LogP contribution < -0.4 is 11.1 Å². The van der Waals surface area contributed by atoms with E-state index in [-0.39, 0.29) is 11.8 Å². The molecule has 0 aromatic carbocycles. The largest absolute Gasteiger partial charge is 0.351 e. The summed E-state index contributed by atoms with van der Waals surface area (Å²) in [5, 5.41) is 3.03. The first-order valence-electron chi connectivity index (χ1n) is 7.26. The number of carbonyl (C=O) groups is 1. The van der Waals surface area contributed by atoms with Crippen LogP contribution in [-0.2, 0) is 11.3 Å². The van der Waals surface area contributed by atoms with E-state index in [0.29, 0.717) is 13.1 Å². The molecule has 20 heavy (non-hydrogen) atoms. The molecule has 1 amide bonds. The Kier molecular flexibility index (Phi) is 8.01. The molecule has 0 radical (unpaired) electrons. The van der Waals surface area contributed by atoms with Crippen molar-refractivity contribution in [2.24, 2.45) is 11.7 Å². The minimum absolute atomic E-state index is 0.145. The van der Waals surface area contributed by atoms with E-state index in [0.717, 1.165) is 35.4 Å². The lowest BCUT2D eigenvalue weighted by Gasteiger charge is -2.13. The van der Waals surface area contributed by atoms with Crippen LogP contribution in [-0.4, -0.2) is 12.5 Å². The van der Waals surface area contributed by atoms with Gasteiger partial charge in [0.2, 0.25) is 5.91 Å². The third kappa shape index (κ3) is 5.77. The zero-order valence-corrected chi connectivity index (χ0v) is 13.2. The maximum Gasteiger partial charge on any atom is 0.223 e. The third-order valence-corrected chi connectivity index (χ3v) is 4.18. The van der Waals surface area contributed by atoms with E-state index < -0.39 is 0 Å². The second kappa shape index (κ2) is 9.57. The molecule has 1 rings (SSSR count). The van der Waals surface area contributed by atoms with Crippen LogP contribution in [0.3, 0.4) is 0 Å². The van der Waals surface area contributed by atoms with Crippen LogP contribution in [0.25, 0.3) is 0 Å². The first-order valence-corrected chi connectivity index (χ1v) is 8.08. The van der Waals surface area contributed by atoms with Crippen molar-refractivity contribution in [3.8, 4) is 11.8 Å². The molecule has 0 saturated heterocycles. The number of nitrogens with one attached hydrogen (secondary N) is 1. The number of rotatable bonds is 7. The highest BCUT2D eigenvalue weighted by molar-refractivity contribution is 7.12. The highest BCUT2D eigenvalue weighted by Gasteiger charge is 2.15. The summed E-state index contributed by atoms with van der Waals surface area (Å²) in [6.07, 6.45) is 4.14. The standard InChI is InChI=1S/C16H24N2OS/c1-3-5-7-13(4-2)16(19)18-12-15-10-9-14(20-15)8-6-11-17/h9-10,13H,3-5,7,11-12,17H2,1-2H3,(H,18,19). The molecule has 0 spiro atoms. The van der Waals surface area contributed by atoms with Crippen LogP contribution in [0, 0.1) is 17.8 Å². The average molecular weight is 292 g/mol. The number of carbonyl (C=O) groups excluding carboxylic acids is 1. The normalized spacial score (nSPS) is 11.6. The van der Waals surface area contributed by atoms with Crippen LogP contribution in [0.15, 0.2) is 12.1 Å². The molecular formula is C16H24N2OS. The molecule has 1 atom stereocenters. The van der Waals surface area contributed by atoms with E-state index in [1.807, 2.05) is 12.1 Å². The van der Waals surface area contributed by atoms with E-state index in [2.05, 4.69) is 31.0 Å². The van der Waals surface area contributed by atoms with Crippen molar-refractivity contribution in [2.75, 3.05) is 6.54 Å². The molecule has 1 aromatic rings. The smallest absolute Gasteiger partial charge is 0.223 e. The van der Waals surface area contributed by atoms with Crippen molar-refractivity contribution < 1.29 is 4.79 Å². The topological polar surface area (TPSA) is 55.1 Å². The first kappa shape index (κ1) is 16.7. The summed E-state index contributed by atoms with van der Waals surface area (Å²) < 4.78 is 0. The Labute approximate surface area is 126 Å². The molecule has 0 fully saturated rings. The molecule has 1 unspecified atom stereocenters. The van der Waals surface area contributed by atoms with Crippen LogP contribution in [0.2, 0.25) is 0 Å². The first-order chi connectivity index (χ1) is 9.71. The number of unbranched alkanes of at least 4 members (excludes halogenated alkanes) is 1. The summed E-state index contributed by atoms with van der Waals surface area (Å²) in [7, 11) is 0. The summed E-state index contributed by atoms with van der Waals surface area (Å²) in [6, 6.07) is 3.99. The fourth-order valence-electron chi connectivity index (χ4n) is 1.97. The van der Waals surface area contributed by atoms with Gasteiger partial charge < -0.3 is 11.1 Å². The number of hydrogen-bond donors (Lipinski definition) is 2. The Bertz CT molecular complexity index is 470. The number of amides is 1. The molecule has 4 heteroatoms. The number of hydrogen-bond acceptors (Lipinski definition) is 3. The van der Waals surface area contributed by atoms with E-state index in [4.69, 9.17) is 5.73 Å². The molecule has 0 aliphatic heterocycles. The fraction of sp³-hybridized carbons (Fsp3) is 0.562. The molecular weight excluding hydrogens is 268 g/mol. The summed E-state index contributed by atoms with van der Waals surface area (Å²) in [5.41, 5.74) is 5.34. The van der Waals surface area contributed by atoms with Gasteiger partial charge in [0.15, 0.2) is 0 Å². The summed E-state index contributed by atoms with van der Waals surface area (Å²) in [5.74, 6) is 6.15. The fourth-order valence-corrected chi connectivity index (χ4v) is 2.79. The molecule has 1 aromatic heterocycles. The predicted octanol–water partition coefficient (Wildman–Crippen LogP) is 2.89. The van der Waals surface area contributed by atoms with Gasteiger partial charge in [0.1, 0.15) is 0 Å². The quantitative estimate of drug-likeness (QED) is 0.759. The second-order valence-electron chi connectivity index (χ2n) is 4.74. The van der Waals surface area contributed by atoms with Gasteiger partial charge in [-0.05, 0) is 25.0 Å². The van der Waals surface area contributed by atoms with E-state index in [9.17, 15) is 4.79 Å². The Morgan fingerprint density at radius 3 is 2.90 bits per heavy atom. The summed E-state index contributed by atoms with van der Waals surface area (Å²) >= 11 is 1.61. The van der Waals surface area contributed by atoms with Crippen molar-refractivity contribution in [3.05, 3.63) is 21.9 Å². The number of thiophene rings is 1. The summed E-state index contributed by atoms with van der Waals surface area (Å²) in [6.45, 7) is 5.20. The molecule has 1 heterocycles. The highest BCUT2D eigenvalue weighted by Crippen LogP contribution is 2.16. The minimum Gasteiger partial charge on any atom is -0.351 e. The van der Waals surface area contributed by atoms with Crippen LogP contribution in [0.1, 0.15) is 49.3 Å². The van der Waals surface area contributed by atoms with Gasteiger partial charge in [0, 0.05) is 10.8 Å². The van der Waals surface area contributed by atoms with Crippen molar-refractivity contribution >= 4 is 17.2 Å². The SMILES string of the molecule is CCCCC(CC)C(=O)NCc1ccc(C#CCN)s1. The van der Waals surface area contributed by atoms with Crippen LogP contribution in [0.4, 0.5) is 0 Å². The molecule has 3 N–H and O–H groups in total. The lowest BCUT2D eigenvalue weighted by molar-refractivity contribution is -0.125. The predicted molar refractivity (Wildman–Crippen MR) is 85.4 cm³/mol. The van der Waals surface area contributed by atoms with Crippen molar-refractivity contribution in [1.29, 1.82) is 0 Å². The van der Waals surface area contributed by atoms with Gasteiger partial charge >= 0.3 is 0 Å². The van der Waals surface area contributed by atoms with Gasteiger partial charge in [-0.3, -0.25) is 4.79 Å². The molecule has 3 nitrogen and oxygen atoms in total. The van der Waals surface area contributed by atoms with E-state index in [1.54, 1.807) is 11.3 Å². The molecule has 0 aliphatic rings. The van der Waals surface area contributed by atoms with Crippen molar-refractivity contribution in [3.63, 3.8) is 0 Å². The maximum atomic E-state index is 12.1. The second-order valence-corrected chi connectivity index (χ2v) is 5.91. The van der Waals surface area contributed by atoms with Gasteiger partial charge in [-0.15, -0.1) is 11.3 Å². The van der Waals surface area contributed by atoms with Gasteiger partial charge in [-0.2, -0.15) is 0 Å². The molecule has 110 valence electrons. The Morgan fingerprint density at radius 1 is 1.45 bits per heavy atom. The monoisotopic (exact) mass is 292 g/mol. The lowest BCUT2D eigenvalue weighted by atomic mass is 9.98. The third-order valence-electron chi connectivity index (χ3n) is 3.18. The van der Waals surface area contributed by atoms with Crippen LogP contribution in [0.5, 0.6) is 0 Å². The van der Waals surface area contributed by atoms with Crippen LogP contribution >= 0.6 is 11.3 Å². The van der Waals surface area contributed by atoms with E-state index in [1.165, 1.54) is 0 Å². The maximum absolute atomic E-state index is 12.1. The Hall–Kier alpha value is -1.31. The summed E-state index contributed by atoms with van der Waals surface area (Å²) in [4.78, 5) is 14.2. The molecule has 0 aliphatic carbocycles. The van der Waals surface area contributed by atoms with Gasteiger partial charge in [-0.25, -0.2) is 0 Å². The average Bonchev–Trinajstić information content (AvgIpc) is 2.91.